The van der Waals surface area contributed by atoms with Crippen molar-refractivity contribution >= 4 is 23.0 Å². The number of rotatable bonds is 6. The average molecular weight is 364 g/mol. The Labute approximate surface area is 158 Å². The molecule has 1 aliphatic carbocycles. The first kappa shape index (κ1) is 17.7. The molecule has 0 radical (unpaired) electrons. The molecule has 4 rings (SSSR count). The maximum atomic E-state index is 12.8. The SMILES string of the molecule is CCC(O)(CC(=O)Nc1nc2cccnc2n1C1CCC1)c1ccccc1. The van der Waals surface area contributed by atoms with Crippen LogP contribution in [0.1, 0.15) is 50.6 Å². The highest BCUT2D eigenvalue weighted by atomic mass is 16.3. The minimum absolute atomic E-state index is 0.0190. The zero-order chi connectivity index (χ0) is 18.9. The molecular formula is C21H24N4O2. The lowest BCUT2D eigenvalue weighted by Crippen LogP contribution is -2.32. The van der Waals surface area contributed by atoms with Gasteiger partial charge in [0.25, 0.3) is 0 Å². The Bertz CT molecular complexity index is 949. The van der Waals surface area contributed by atoms with Gasteiger partial charge in [0.15, 0.2) is 5.65 Å². The molecule has 1 amide bonds. The van der Waals surface area contributed by atoms with E-state index in [0.717, 1.165) is 29.6 Å². The lowest BCUT2D eigenvalue weighted by atomic mass is 9.87. The summed E-state index contributed by atoms with van der Waals surface area (Å²) in [4.78, 5) is 21.8. The fourth-order valence-electron chi connectivity index (χ4n) is 3.62. The summed E-state index contributed by atoms with van der Waals surface area (Å²) in [7, 11) is 0. The normalized spacial score (nSPS) is 16.7. The topological polar surface area (TPSA) is 80.0 Å². The molecule has 2 N–H and O–H groups in total. The van der Waals surface area contributed by atoms with E-state index in [-0.39, 0.29) is 12.3 Å². The number of anilines is 1. The number of nitrogens with one attached hydrogen (secondary N) is 1. The molecule has 6 heteroatoms. The van der Waals surface area contributed by atoms with Gasteiger partial charge in [0.1, 0.15) is 5.52 Å². The number of hydrogen-bond acceptors (Lipinski definition) is 4. The van der Waals surface area contributed by atoms with Gasteiger partial charge in [-0.25, -0.2) is 9.97 Å². The number of aromatic nitrogens is 3. The van der Waals surface area contributed by atoms with Crippen molar-refractivity contribution in [3.05, 3.63) is 54.2 Å². The number of pyridine rings is 1. The van der Waals surface area contributed by atoms with Gasteiger partial charge < -0.3 is 5.11 Å². The summed E-state index contributed by atoms with van der Waals surface area (Å²) in [5.74, 6) is 0.268. The van der Waals surface area contributed by atoms with Crippen LogP contribution in [-0.2, 0) is 10.4 Å². The third kappa shape index (κ3) is 3.32. The van der Waals surface area contributed by atoms with Gasteiger partial charge in [-0.05, 0) is 43.4 Å². The van der Waals surface area contributed by atoms with Crippen molar-refractivity contribution in [1.29, 1.82) is 0 Å². The molecule has 6 nitrogen and oxygen atoms in total. The van der Waals surface area contributed by atoms with E-state index < -0.39 is 5.60 Å². The maximum Gasteiger partial charge on any atom is 0.229 e. The minimum Gasteiger partial charge on any atom is -0.385 e. The van der Waals surface area contributed by atoms with Crippen molar-refractivity contribution in [2.45, 2.75) is 50.7 Å². The van der Waals surface area contributed by atoms with Crippen LogP contribution in [0.25, 0.3) is 11.2 Å². The Hall–Kier alpha value is -2.73. The van der Waals surface area contributed by atoms with Crippen LogP contribution in [0.2, 0.25) is 0 Å². The van der Waals surface area contributed by atoms with Crippen LogP contribution in [0.5, 0.6) is 0 Å². The molecule has 2 heterocycles. The molecule has 0 spiro atoms. The highest BCUT2D eigenvalue weighted by Crippen LogP contribution is 2.37. The fraction of sp³-hybridized carbons (Fsp3) is 0.381. The molecule has 27 heavy (non-hydrogen) atoms. The second-order valence-corrected chi connectivity index (χ2v) is 7.21. The van der Waals surface area contributed by atoms with E-state index >= 15 is 0 Å². The predicted molar refractivity (Wildman–Crippen MR) is 104 cm³/mol. The molecule has 0 aliphatic heterocycles. The molecule has 1 saturated carbocycles. The number of fused-ring (bicyclic) bond motifs is 1. The van der Waals surface area contributed by atoms with Crippen LogP contribution in [0.4, 0.5) is 5.95 Å². The molecule has 140 valence electrons. The molecular weight excluding hydrogens is 340 g/mol. The second kappa shape index (κ2) is 7.12. The van der Waals surface area contributed by atoms with Crippen molar-refractivity contribution in [3.8, 4) is 0 Å². The molecule has 1 unspecified atom stereocenters. The second-order valence-electron chi connectivity index (χ2n) is 7.21. The van der Waals surface area contributed by atoms with Gasteiger partial charge in [0.05, 0.1) is 12.0 Å². The lowest BCUT2D eigenvalue weighted by molar-refractivity contribution is -0.121. The van der Waals surface area contributed by atoms with E-state index in [1.807, 2.05) is 54.0 Å². The Balaban J connectivity index is 1.59. The highest BCUT2D eigenvalue weighted by molar-refractivity contribution is 5.91. The van der Waals surface area contributed by atoms with Gasteiger partial charge in [-0.2, -0.15) is 0 Å². The summed E-state index contributed by atoms with van der Waals surface area (Å²) in [6.45, 7) is 1.88. The minimum atomic E-state index is -1.20. The van der Waals surface area contributed by atoms with Gasteiger partial charge >= 0.3 is 0 Å². The predicted octanol–water partition coefficient (Wildman–Crippen LogP) is 3.78. The number of hydrogen-bond donors (Lipinski definition) is 2. The van der Waals surface area contributed by atoms with Gasteiger partial charge in [-0.15, -0.1) is 0 Å². The monoisotopic (exact) mass is 364 g/mol. The molecule has 1 aliphatic rings. The zero-order valence-electron chi connectivity index (χ0n) is 15.4. The molecule has 3 aromatic rings. The third-order valence-electron chi connectivity index (χ3n) is 5.49. The van der Waals surface area contributed by atoms with E-state index in [0.29, 0.717) is 18.4 Å². The summed E-state index contributed by atoms with van der Waals surface area (Å²) in [6.07, 6.45) is 5.48. The van der Waals surface area contributed by atoms with E-state index in [9.17, 15) is 9.90 Å². The van der Waals surface area contributed by atoms with Crippen LogP contribution >= 0.6 is 0 Å². The van der Waals surface area contributed by atoms with E-state index in [4.69, 9.17) is 0 Å². The van der Waals surface area contributed by atoms with Crippen molar-refractivity contribution in [3.63, 3.8) is 0 Å². The fourth-order valence-corrected chi connectivity index (χ4v) is 3.62. The molecule has 1 atom stereocenters. The van der Waals surface area contributed by atoms with Crippen molar-refractivity contribution in [2.24, 2.45) is 0 Å². The zero-order valence-corrected chi connectivity index (χ0v) is 15.4. The Kier molecular flexibility index (Phi) is 4.66. The van der Waals surface area contributed by atoms with Crippen LogP contribution in [-0.4, -0.2) is 25.5 Å². The van der Waals surface area contributed by atoms with Gasteiger partial charge in [0.2, 0.25) is 11.9 Å². The summed E-state index contributed by atoms with van der Waals surface area (Å²) in [5, 5.41) is 13.9. The molecule has 2 aromatic heterocycles. The molecule has 0 saturated heterocycles. The molecule has 1 aromatic carbocycles. The first-order valence-corrected chi connectivity index (χ1v) is 9.51. The van der Waals surface area contributed by atoms with Crippen LogP contribution in [0, 0.1) is 0 Å². The standard InChI is InChI=1S/C21H24N4O2/c1-2-21(27,15-8-4-3-5-9-15)14-18(26)24-20-23-17-12-7-13-22-19(17)25(20)16-10-6-11-16/h3-5,7-9,12-13,16,27H,2,6,10-11,14H2,1H3,(H,23,24,26). The molecule has 1 fully saturated rings. The number of carbonyl (C=O) groups excluding carboxylic acids is 1. The smallest absolute Gasteiger partial charge is 0.229 e. The number of nitrogens with zero attached hydrogens (tertiary/aromatic N) is 3. The average Bonchev–Trinajstić information content (AvgIpc) is 2.99. The summed E-state index contributed by atoms with van der Waals surface area (Å²) < 4.78 is 2.03. The maximum absolute atomic E-state index is 12.8. The van der Waals surface area contributed by atoms with Crippen LogP contribution in [0.3, 0.4) is 0 Å². The highest BCUT2D eigenvalue weighted by Gasteiger charge is 2.32. The summed E-state index contributed by atoms with van der Waals surface area (Å²) in [5.41, 5.74) is 1.12. The number of aliphatic hydroxyl groups is 1. The van der Waals surface area contributed by atoms with Crippen molar-refractivity contribution in [2.75, 3.05) is 5.32 Å². The van der Waals surface area contributed by atoms with E-state index in [2.05, 4.69) is 15.3 Å². The van der Waals surface area contributed by atoms with Gasteiger partial charge in [-0.1, -0.05) is 37.3 Å². The largest absolute Gasteiger partial charge is 0.385 e. The van der Waals surface area contributed by atoms with Gasteiger partial charge in [-0.3, -0.25) is 14.7 Å². The number of carbonyl (C=O) groups is 1. The van der Waals surface area contributed by atoms with Crippen LogP contribution in [0.15, 0.2) is 48.7 Å². The van der Waals surface area contributed by atoms with E-state index in [1.54, 1.807) is 6.20 Å². The lowest BCUT2D eigenvalue weighted by Gasteiger charge is -2.29. The number of amides is 1. The Morgan fingerprint density at radius 2 is 2.04 bits per heavy atom. The van der Waals surface area contributed by atoms with Crippen molar-refractivity contribution in [1.82, 2.24) is 14.5 Å². The Morgan fingerprint density at radius 1 is 1.26 bits per heavy atom. The van der Waals surface area contributed by atoms with Gasteiger partial charge in [0, 0.05) is 12.2 Å². The first-order valence-electron chi connectivity index (χ1n) is 9.51. The molecule has 0 bridgehead atoms. The Morgan fingerprint density at radius 3 is 2.70 bits per heavy atom. The number of benzene rings is 1. The quantitative estimate of drug-likeness (QED) is 0.697. The summed E-state index contributed by atoms with van der Waals surface area (Å²) in [6, 6.07) is 13.4. The summed E-state index contributed by atoms with van der Waals surface area (Å²) >= 11 is 0. The first-order chi connectivity index (χ1) is 13.1. The van der Waals surface area contributed by atoms with Crippen molar-refractivity contribution < 1.29 is 9.90 Å². The van der Waals surface area contributed by atoms with E-state index in [1.165, 1.54) is 6.42 Å². The number of imidazole rings is 1. The third-order valence-corrected chi connectivity index (χ3v) is 5.49. The van der Waals surface area contributed by atoms with Crippen LogP contribution < -0.4 is 5.32 Å².